The molecular formula is C30H38N2O5. The lowest BCUT2D eigenvalue weighted by Crippen LogP contribution is -2.43. The standard InChI is InChI=1S/C30H38N2O5/c1-19-20(2)26(34)10-8-22(19)12-13-31-29(37)24-7-5-6-21(14-24)16-30(3,4)32-17-28(36)23-9-11-27(35)25(15-23)18-33/h5-11,14-15,28,32-36H,12-13,16-18H2,1-4H3,(H,31,37)/t28-/m1/s1. The topological polar surface area (TPSA) is 122 Å². The second-order valence-electron chi connectivity index (χ2n) is 10.2. The first-order valence-electron chi connectivity index (χ1n) is 12.5. The van der Waals surface area contributed by atoms with Crippen LogP contribution in [0.1, 0.15) is 63.7 Å². The summed E-state index contributed by atoms with van der Waals surface area (Å²) < 4.78 is 0. The van der Waals surface area contributed by atoms with E-state index in [9.17, 15) is 25.2 Å². The van der Waals surface area contributed by atoms with Gasteiger partial charge >= 0.3 is 0 Å². The molecule has 198 valence electrons. The highest BCUT2D eigenvalue weighted by atomic mass is 16.3. The molecule has 0 saturated heterocycles. The van der Waals surface area contributed by atoms with Crippen LogP contribution in [0.4, 0.5) is 0 Å². The lowest BCUT2D eigenvalue weighted by atomic mass is 9.93. The van der Waals surface area contributed by atoms with Crippen molar-refractivity contribution < 1.29 is 25.2 Å². The number of benzene rings is 3. The summed E-state index contributed by atoms with van der Waals surface area (Å²) >= 11 is 0. The average molecular weight is 507 g/mol. The maximum absolute atomic E-state index is 12.8. The summed E-state index contributed by atoms with van der Waals surface area (Å²) in [4.78, 5) is 12.8. The number of phenolic OH excluding ortho intramolecular Hbond substituents is 1. The fourth-order valence-electron chi connectivity index (χ4n) is 4.37. The zero-order valence-corrected chi connectivity index (χ0v) is 22.0. The lowest BCUT2D eigenvalue weighted by molar-refractivity contribution is 0.0954. The van der Waals surface area contributed by atoms with Crippen molar-refractivity contribution in [3.63, 3.8) is 0 Å². The smallest absolute Gasteiger partial charge is 0.251 e. The van der Waals surface area contributed by atoms with Crippen LogP contribution >= 0.6 is 0 Å². The summed E-state index contributed by atoms with van der Waals surface area (Å²) in [5, 5.41) is 45.9. The first-order chi connectivity index (χ1) is 17.5. The summed E-state index contributed by atoms with van der Waals surface area (Å²) in [6.07, 6.45) is 0.520. The molecule has 0 aliphatic heterocycles. The first-order valence-corrected chi connectivity index (χ1v) is 12.5. The number of carbonyl (C=O) groups is 1. The van der Waals surface area contributed by atoms with Crippen molar-refractivity contribution in [3.8, 4) is 11.5 Å². The summed E-state index contributed by atoms with van der Waals surface area (Å²) in [7, 11) is 0. The minimum Gasteiger partial charge on any atom is -0.508 e. The Hall–Kier alpha value is -3.39. The van der Waals surface area contributed by atoms with Gasteiger partial charge < -0.3 is 31.1 Å². The second kappa shape index (κ2) is 12.2. The monoisotopic (exact) mass is 506 g/mol. The molecule has 0 saturated carbocycles. The van der Waals surface area contributed by atoms with Crippen molar-refractivity contribution in [1.29, 1.82) is 0 Å². The van der Waals surface area contributed by atoms with Gasteiger partial charge in [-0.3, -0.25) is 4.79 Å². The van der Waals surface area contributed by atoms with Crippen molar-refractivity contribution in [2.45, 2.75) is 58.8 Å². The Kier molecular flexibility index (Phi) is 9.32. The Balaban J connectivity index is 1.55. The SMILES string of the molecule is Cc1c(O)ccc(CCNC(=O)c2cccc(CC(C)(C)NC[C@@H](O)c3ccc(O)c(CO)c3)c2)c1C. The van der Waals surface area contributed by atoms with Gasteiger partial charge in [-0.2, -0.15) is 0 Å². The molecule has 3 aromatic rings. The highest BCUT2D eigenvalue weighted by Crippen LogP contribution is 2.24. The number of amides is 1. The number of carbonyl (C=O) groups excluding carboxylic acids is 1. The maximum atomic E-state index is 12.8. The van der Waals surface area contributed by atoms with Crippen LogP contribution in [0.15, 0.2) is 54.6 Å². The molecule has 3 aromatic carbocycles. The van der Waals surface area contributed by atoms with Gasteiger partial charge in [0.05, 0.1) is 12.7 Å². The molecule has 7 heteroatoms. The number of nitrogens with one attached hydrogen (secondary N) is 2. The third-order valence-corrected chi connectivity index (χ3v) is 6.82. The molecule has 1 amide bonds. The van der Waals surface area contributed by atoms with E-state index in [1.54, 1.807) is 24.3 Å². The van der Waals surface area contributed by atoms with Gasteiger partial charge in [-0.25, -0.2) is 0 Å². The second-order valence-corrected chi connectivity index (χ2v) is 10.2. The molecule has 0 aliphatic carbocycles. The molecule has 0 bridgehead atoms. The first kappa shape index (κ1) is 28.2. The van der Waals surface area contributed by atoms with Gasteiger partial charge in [0.15, 0.2) is 0 Å². The Morgan fingerprint density at radius 3 is 2.41 bits per heavy atom. The zero-order valence-electron chi connectivity index (χ0n) is 22.0. The molecule has 0 radical (unpaired) electrons. The molecular weight excluding hydrogens is 468 g/mol. The molecule has 0 aliphatic rings. The van der Waals surface area contributed by atoms with Crippen LogP contribution in [-0.2, 0) is 19.4 Å². The number of aromatic hydroxyl groups is 2. The largest absolute Gasteiger partial charge is 0.508 e. The Morgan fingerprint density at radius 1 is 0.946 bits per heavy atom. The van der Waals surface area contributed by atoms with Crippen molar-refractivity contribution in [1.82, 2.24) is 10.6 Å². The van der Waals surface area contributed by atoms with Crippen LogP contribution in [-0.4, -0.2) is 45.0 Å². The van der Waals surface area contributed by atoms with Gasteiger partial charge in [0.2, 0.25) is 0 Å². The predicted molar refractivity (Wildman–Crippen MR) is 145 cm³/mol. The van der Waals surface area contributed by atoms with E-state index in [1.165, 1.54) is 6.07 Å². The predicted octanol–water partition coefficient (Wildman–Crippen LogP) is 3.82. The van der Waals surface area contributed by atoms with Crippen LogP contribution in [0.5, 0.6) is 11.5 Å². The molecule has 0 aromatic heterocycles. The minimum atomic E-state index is -0.803. The molecule has 37 heavy (non-hydrogen) atoms. The summed E-state index contributed by atoms with van der Waals surface area (Å²) in [6, 6.07) is 15.8. The van der Waals surface area contributed by atoms with E-state index >= 15 is 0 Å². The number of rotatable bonds is 11. The van der Waals surface area contributed by atoms with Crippen molar-refractivity contribution in [2.75, 3.05) is 13.1 Å². The van der Waals surface area contributed by atoms with E-state index in [0.29, 0.717) is 42.6 Å². The average Bonchev–Trinajstić information content (AvgIpc) is 2.87. The Bertz CT molecular complexity index is 1240. The van der Waals surface area contributed by atoms with Crippen molar-refractivity contribution in [3.05, 3.63) is 93.5 Å². The van der Waals surface area contributed by atoms with Gasteiger partial charge in [-0.15, -0.1) is 0 Å². The molecule has 0 spiro atoms. The number of hydrogen-bond donors (Lipinski definition) is 6. The highest BCUT2D eigenvalue weighted by Gasteiger charge is 2.21. The summed E-state index contributed by atoms with van der Waals surface area (Å²) in [5.41, 5.74) is 5.21. The minimum absolute atomic E-state index is 0.00113. The van der Waals surface area contributed by atoms with Gasteiger partial charge in [0, 0.05) is 29.8 Å². The highest BCUT2D eigenvalue weighted by molar-refractivity contribution is 5.94. The van der Waals surface area contributed by atoms with Crippen LogP contribution in [0.3, 0.4) is 0 Å². The van der Waals surface area contributed by atoms with E-state index in [-0.39, 0.29) is 29.6 Å². The summed E-state index contributed by atoms with van der Waals surface area (Å²) in [6.45, 7) is 8.41. The number of β-amino-alcohol motifs (C(OH)–C–C–N with tert-alkyl or cyclic N) is 1. The van der Waals surface area contributed by atoms with Crippen LogP contribution in [0.2, 0.25) is 0 Å². The van der Waals surface area contributed by atoms with E-state index < -0.39 is 6.10 Å². The van der Waals surface area contributed by atoms with Crippen LogP contribution in [0, 0.1) is 13.8 Å². The quantitative estimate of drug-likeness (QED) is 0.235. The molecule has 3 rings (SSSR count). The number of phenols is 2. The molecule has 0 heterocycles. The summed E-state index contributed by atoms with van der Waals surface area (Å²) in [5.74, 6) is 0.148. The van der Waals surface area contributed by atoms with Gasteiger partial charge in [-0.1, -0.05) is 24.3 Å². The molecule has 0 unspecified atom stereocenters. The van der Waals surface area contributed by atoms with Crippen molar-refractivity contribution in [2.24, 2.45) is 0 Å². The normalized spacial score (nSPS) is 12.4. The van der Waals surface area contributed by atoms with E-state index in [2.05, 4.69) is 10.6 Å². The Labute approximate surface area is 218 Å². The van der Waals surface area contributed by atoms with E-state index in [0.717, 1.165) is 22.3 Å². The van der Waals surface area contributed by atoms with E-state index in [1.807, 2.05) is 52.0 Å². The third kappa shape index (κ3) is 7.55. The molecule has 6 N–H and O–H groups in total. The zero-order chi connectivity index (χ0) is 27.2. The van der Waals surface area contributed by atoms with Gasteiger partial charge in [0.1, 0.15) is 11.5 Å². The number of aliphatic hydroxyl groups is 2. The number of aliphatic hydroxyl groups excluding tert-OH is 2. The van der Waals surface area contributed by atoms with Crippen LogP contribution in [0.25, 0.3) is 0 Å². The fraction of sp³-hybridized carbons (Fsp3) is 0.367. The number of hydrogen-bond acceptors (Lipinski definition) is 6. The Morgan fingerprint density at radius 2 is 1.68 bits per heavy atom. The molecule has 1 atom stereocenters. The van der Waals surface area contributed by atoms with Gasteiger partial charge in [0.25, 0.3) is 5.91 Å². The van der Waals surface area contributed by atoms with Crippen molar-refractivity contribution >= 4 is 5.91 Å². The maximum Gasteiger partial charge on any atom is 0.251 e. The molecule has 0 fully saturated rings. The fourth-order valence-corrected chi connectivity index (χ4v) is 4.37. The van der Waals surface area contributed by atoms with E-state index in [4.69, 9.17) is 0 Å². The lowest BCUT2D eigenvalue weighted by Gasteiger charge is -2.28. The third-order valence-electron chi connectivity index (χ3n) is 6.82. The van der Waals surface area contributed by atoms with Crippen LogP contribution < -0.4 is 10.6 Å². The molecule has 7 nitrogen and oxygen atoms in total. The van der Waals surface area contributed by atoms with Gasteiger partial charge in [-0.05, 0) is 98.7 Å².